The molecule has 2 atom stereocenters. The summed E-state index contributed by atoms with van der Waals surface area (Å²) in [5.41, 5.74) is 2.83. The number of ketones is 1. The molecule has 5 rings (SSSR count). The molecule has 0 amide bonds. The number of hydrogen-bond acceptors (Lipinski definition) is 4. The van der Waals surface area contributed by atoms with E-state index in [1.807, 2.05) is 12.1 Å². The largest absolute Gasteiger partial charge is 0.489 e. The van der Waals surface area contributed by atoms with Crippen LogP contribution >= 0.6 is 0 Å². The number of halogens is 3. The smallest absolute Gasteiger partial charge is 0.416 e. The number of carbonyl (C=O) groups excluding carboxylic acids is 2. The topological polar surface area (TPSA) is 68.4 Å². The van der Waals surface area contributed by atoms with Crippen LogP contribution in [-0.2, 0) is 33.5 Å². The SMILES string of the molecule is CCOC(=O)CC1CCc2c1[nH]c1ccc(OCc3ccc(C4CCCC4=O)c(C(F)(F)F)c3)cc21. The molecule has 0 saturated heterocycles. The van der Waals surface area contributed by atoms with Crippen molar-refractivity contribution in [3.8, 4) is 5.75 Å². The Hall–Kier alpha value is -3.29. The van der Waals surface area contributed by atoms with Crippen LogP contribution in [0.15, 0.2) is 36.4 Å². The van der Waals surface area contributed by atoms with Crippen molar-refractivity contribution in [1.82, 2.24) is 4.98 Å². The molecular formula is C28H28F3NO4. The van der Waals surface area contributed by atoms with Gasteiger partial charge in [0.05, 0.1) is 18.6 Å². The maximum atomic E-state index is 13.8. The molecule has 1 aromatic heterocycles. The number of fused-ring (bicyclic) bond motifs is 3. The van der Waals surface area contributed by atoms with Crippen molar-refractivity contribution < 1.29 is 32.2 Å². The number of Topliss-reactive ketones (excluding diaryl/α,β-unsaturated/α-hetero) is 1. The molecule has 3 aromatic rings. The van der Waals surface area contributed by atoms with Crippen LogP contribution in [0, 0.1) is 0 Å². The highest BCUT2D eigenvalue weighted by molar-refractivity contribution is 5.88. The molecule has 190 valence electrons. The Bertz CT molecular complexity index is 1310. The highest BCUT2D eigenvalue weighted by Gasteiger charge is 2.38. The van der Waals surface area contributed by atoms with E-state index in [0.29, 0.717) is 43.6 Å². The van der Waals surface area contributed by atoms with Gasteiger partial charge in [-0.3, -0.25) is 9.59 Å². The van der Waals surface area contributed by atoms with Crippen molar-refractivity contribution in [3.05, 3.63) is 64.3 Å². The Morgan fingerprint density at radius 1 is 1.11 bits per heavy atom. The molecule has 0 radical (unpaired) electrons. The summed E-state index contributed by atoms with van der Waals surface area (Å²) in [5.74, 6) is -0.369. The minimum absolute atomic E-state index is 0.0222. The van der Waals surface area contributed by atoms with Crippen molar-refractivity contribution >= 4 is 22.7 Å². The Balaban J connectivity index is 1.34. The highest BCUT2D eigenvalue weighted by Crippen LogP contribution is 2.42. The van der Waals surface area contributed by atoms with Crippen LogP contribution in [0.1, 0.15) is 78.8 Å². The lowest BCUT2D eigenvalue weighted by atomic mass is 9.90. The predicted molar refractivity (Wildman–Crippen MR) is 128 cm³/mol. The fraction of sp³-hybridized carbons (Fsp3) is 0.429. The maximum absolute atomic E-state index is 13.8. The second-order valence-electron chi connectivity index (χ2n) is 9.59. The number of alkyl halides is 3. The summed E-state index contributed by atoms with van der Waals surface area (Å²) in [6.45, 7) is 2.13. The molecule has 5 nitrogen and oxygen atoms in total. The van der Waals surface area contributed by atoms with E-state index >= 15 is 0 Å². The lowest BCUT2D eigenvalue weighted by Crippen LogP contribution is -2.15. The molecule has 1 saturated carbocycles. The Kier molecular flexibility index (Phi) is 6.53. The molecular weight excluding hydrogens is 471 g/mol. The number of aromatic nitrogens is 1. The number of nitrogens with one attached hydrogen (secondary N) is 1. The number of aryl methyl sites for hydroxylation is 1. The second kappa shape index (κ2) is 9.64. The van der Waals surface area contributed by atoms with E-state index in [1.54, 1.807) is 19.1 Å². The quantitative estimate of drug-likeness (QED) is 0.373. The number of rotatable bonds is 7. The molecule has 2 aliphatic carbocycles. The van der Waals surface area contributed by atoms with Gasteiger partial charge in [-0.05, 0) is 73.6 Å². The Morgan fingerprint density at radius 3 is 2.67 bits per heavy atom. The summed E-state index contributed by atoms with van der Waals surface area (Å²) in [6, 6.07) is 9.72. The van der Waals surface area contributed by atoms with E-state index in [2.05, 4.69) is 4.98 Å². The van der Waals surface area contributed by atoms with E-state index in [0.717, 1.165) is 41.1 Å². The second-order valence-corrected chi connectivity index (χ2v) is 9.59. The van der Waals surface area contributed by atoms with Gasteiger partial charge in [0.1, 0.15) is 18.1 Å². The molecule has 1 heterocycles. The molecule has 8 heteroatoms. The first-order chi connectivity index (χ1) is 17.2. The van der Waals surface area contributed by atoms with Gasteiger partial charge in [0, 0.05) is 34.9 Å². The maximum Gasteiger partial charge on any atom is 0.416 e. The summed E-state index contributed by atoms with van der Waals surface area (Å²) in [5, 5.41) is 1.000. The number of H-pyrrole nitrogens is 1. The van der Waals surface area contributed by atoms with E-state index in [4.69, 9.17) is 9.47 Å². The van der Waals surface area contributed by atoms with Crippen molar-refractivity contribution in [2.24, 2.45) is 0 Å². The van der Waals surface area contributed by atoms with Gasteiger partial charge in [0.25, 0.3) is 0 Å². The van der Waals surface area contributed by atoms with Gasteiger partial charge in [-0.1, -0.05) is 12.1 Å². The molecule has 0 aliphatic heterocycles. The summed E-state index contributed by atoms with van der Waals surface area (Å²) < 4.78 is 52.4. The number of aromatic amines is 1. The lowest BCUT2D eigenvalue weighted by molar-refractivity contribution is -0.143. The fourth-order valence-corrected chi connectivity index (χ4v) is 5.60. The first kappa shape index (κ1) is 24.4. The zero-order valence-electron chi connectivity index (χ0n) is 20.0. The van der Waals surface area contributed by atoms with Gasteiger partial charge < -0.3 is 14.5 Å². The summed E-state index contributed by atoms with van der Waals surface area (Å²) in [4.78, 5) is 27.5. The Morgan fingerprint density at radius 2 is 1.94 bits per heavy atom. The van der Waals surface area contributed by atoms with Gasteiger partial charge in [-0.2, -0.15) is 13.2 Å². The van der Waals surface area contributed by atoms with Crippen LogP contribution in [0.5, 0.6) is 5.75 Å². The molecule has 0 bridgehead atoms. The Labute approximate surface area is 207 Å². The van der Waals surface area contributed by atoms with E-state index in [1.165, 1.54) is 6.07 Å². The minimum Gasteiger partial charge on any atom is -0.489 e. The number of hydrogen-bond donors (Lipinski definition) is 1. The third-order valence-electron chi connectivity index (χ3n) is 7.29. The predicted octanol–water partition coefficient (Wildman–Crippen LogP) is 6.59. The first-order valence-corrected chi connectivity index (χ1v) is 12.4. The summed E-state index contributed by atoms with van der Waals surface area (Å²) in [6.07, 6.45) is -1.10. The van der Waals surface area contributed by atoms with Crippen LogP contribution in [0.3, 0.4) is 0 Å². The van der Waals surface area contributed by atoms with E-state index in [-0.39, 0.29) is 29.8 Å². The van der Waals surface area contributed by atoms with Crippen LogP contribution in [0.2, 0.25) is 0 Å². The molecule has 2 aliphatic rings. The van der Waals surface area contributed by atoms with Crippen molar-refractivity contribution in [1.29, 1.82) is 0 Å². The van der Waals surface area contributed by atoms with Crippen LogP contribution in [0.4, 0.5) is 13.2 Å². The molecule has 0 spiro atoms. The third kappa shape index (κ3) is 4.73. The van der Waals surface area contributed by atoms with Crippen LogP contribution < -0.4 is 4.74 Å². The average Bonchev–Trinajstić information content (AvgIpc) is 3.53. The van der Waals surface area contributed by atoms with Crippen molar-refractivity contribution in [3.63, 3.8) is 0 Å². The van der Waals surface area contributed by atoms with Crippen LogP contribution in [-0.4, -0.2) is 23.3 Å². The first-order valence-electron chi connectivity index (χ1n) is 12.4. The normalized spacial score (nSPS) is 19.6. The molecule has 1 N–H and O–H groups in total. The standard InChI is InChI=1S/C28H28F3NO4/c1-2-35-26(34)13-17-7-10-21-22-14-18(8-11-24(22)32-27(17)21)36-15-16-6-9-19(20-4-3-5-25(20)33)23(12-16)28(29,30)31/h6,8-9,11-12,14,17,20,32H,2-5,7,10,13,15H2,1H3. The molecule has 2 unspecified atom stereocenters. The number of benzene rings is 2. The molecule has 36 heavy (non-hydrogen) atoms. The van der Waals surface area contributed by atoms with Gasteiger partial charge in [-0.25, -0.2) is 0 Å². The van der Waals surface area contributed by atoms with Gasteiger partial charge in [0.2, 0.25) is 0 Å². The van der Waals surface area contributed by atoms with Gasteiger partial charge in [0.15, 0.2) is 0 Å². The number of carbonyl (C=O) groups is 2. The molecule has 1 fully saturated rings. The van der Waals surface area contributed by atoms with Crippen molar-refractivity contribution in [2.45, 2.75) is 70.1 Å². The minimum atomic E-state index is -4.54. The van der Waals surface area contributed by atoms with Gasteiger partial charge in [-0.15, -0.1) is 0 Å². The van der Waals surface area contributed by atoms with Crippen molar-refractivity contribution in [2.75, 3.05) is 6.61 Å². The monoisotopic (exact) mass is 499 g/mol. The number of ether oxygens (including phenoxy) is 2. The van der Waals surface area contributed by atoms with E-state index < -0.39 is 17.7 Å². The van der Waals surface area contributed by atoms with Gasteiger partial charge >= 0.3 is 12.1 Å². The lowest BCUT2D eigenvalue weighted by Gasteiger charge is -2.18. The van der Waals surface area contributed by atoms with E-state index in [9.17, 15) is 22.8 Å². The fourth-order valence-electron chi connectivity index (χ4n) is 5.60. The third-order valence-corrected chi connectivity index (χ3v) is 7.29. The van der Waals surface area contributed by atoms with Crippen LogP contribution in [0.25, 0.3) is 10.9 Å². The summed E-state index contributed by atoms with van der Waals surface area (Å²) >= 11 is 0. The molecule has 2 aromatic carbocycles. The highest BCUT2D eigenvalue weighted by atomic mass is 19.4. The zero-order valence-corrected chi connectivity index (χ0v) is 20.0. The number of esters is 1. The average molecular weight is 500 g/mol. The zero-order chi connectivity index (χ0) is 25.4. The summed E-state index contributed by atoms with van der Waals surface area (Å²) in [7, 11) is 0.